The Bertz CT molecular complexity index is 638. The maximum Gasteiger partial charge on any atom is 0.354 e. The number of hydrogen-bond acceptors (Lipinski definition) is 5. The lowest BCUT2D eigenvalue weighted by Gasteiger charge is -2.27. The second kappa shape index (κ2) is 5.44. The number of carbonyl (C=O) groups is 1. The van der Waals surface area contributed by atoms with Gasteiger partial charge in [0.2, 0.25) is 0 Å². The number of carboxylic acid groups (broad SMARTS) is 1. The van der Waals surface area contributed by atoms with Crippen molar-refractivity contribution in [2.45, 2.75) is 12.5 Å². The van der Waals surface area contributed by atoms with Crippen LogP contribution in [0.1, 0.15) is 17.4 Å². The fourth-order valence-corrected chi connectivity index (χ4v) is 1.82. The molecule has 0 aliphatic carbocycles. The molecule has 6 nitrogen and oxygen atoms in total. The Morgan fingerprint density at radius 2 is 1.95 bits per heavy atom. The van der Waals surface area contributed by atoms with Gasteiger partial charge in [0.25, 0.3) is 0 Å². The van der Waals surface area contributed by atoms with Crippen molar-refractivity contribution in [3.05, 3.63) is 36.0 Å². The van der Waals surface area contributed by atoms with Gasteiger partial charge in [0.15, 0.2) is 5.69 Å². The third kappa shape index (κ3) is 2.71. The number of nitrogens with zero attached hydrogens (tertiary/aromatic N) is 1. The summed E-state index contributed by atoms with van der Waals surface area (Å²) in [4.78, 5) is 15.2. The van der Waals surface area contributed by atoms with E-state index in [0.29, 0.717) is 5.82 Å². The molecule has 1 aromatic heterocycles. The number of hydrogen-bond donors (Lipinski definition) is 4. The molecule has 0 saturated carbocycles. The Morgan fingerprint density at radius 1 is 1.30 bits per heavy atom. The molecule has 1 aromatic carbocycles. The van der Waals surface area contributed by atoms with Gasteiger partial charge in [0.1, 0.15) is 5.82 Å². The van der Waals surface area contributed by atoms with Gasteiger partial charge in [0, 0.05) is 5.39 Å². The zero-order valence-corrected chi connectivity index (χ0v) is 11.0. The van der Waals surface area contributed by atoms with Crippen molar-refractivity contribution >= 4 is 22.6 Å². The summed E-state index contributed by atoms with van der Waals surface area (Å²) in [6.07, 6.45) is 0. The second-order valence-corrected chi connectivity index (χ2v) is 4.88. The molecule has 20 heavy (non-hydrogen) atoms. The molecule has 1 heterocycles. The molecule has 2 aromatic rings. The summed E-state index contributed by atoms with van der Waals surface area (Å²) in [5.74, 6) is -0.806. The molecular weight excluding hydrogens is 260 g/mol. The predicted molar refractivity (Wildman–Crippen MR) is 74.9 cm³/mol. The number of aromatic carboxylic acids is 1. The van der Waals surface area contributed by atoms with E-state index in [4.69, 9.17) is 5.11 Å². The van der Waals surface area contributed by atoms with Gasteiger partial charge < -0.3 is 20.6 Å². The Morgan fingerprint density at radius 3 is 2.55 bits per heavy atom. The molecule has 4 N–H and O–H groups in total. The molecule has 0 aliphatic rings. The Kier molecular flexibility index (Phi) is 3.87. The van der Waals surface area contributed by atoms with Gasteiger partial charge in [-0.05, 0) is 18.4 Å². The molecule has 2 rings (SSSR count). The lowest BCUT2D eigenvalue weighted by atomic mass is 10.0. The largest absolute Gasteiger partial charge is 0.477 e. The lowest BCUT2D eigenvalue weighted by Crippen LogP contribution is -2.42. The summed E-state index contributed by atoms with van der Waals surface area (Å²) >= 11 is 0. The summed E-state index contributed by atoms with van der Waals surface area (Å²) in [5, 5.41) is 32.1. The quantitative estimate of drug-likeness (QED) is 0.652. The molecule has 106 valence electrons. The van der Waals surface area contributed by atoms with Gasteiger partial charge in [-0.1, -0.05) is 24.3 Å². The van der Waals surface area contributed by atoms with E-state index in [-0.39, 0.29) is 18.9 Å². The minimum absolute atomic E-state index is 0.0931. The van der Waals surface area contributed by atoms with Crippen LogP contribution < -0.4 is 5.32 Å². The van der Waals surface area contributed by atoms with Crippen LogP contribution in [0.15, 0.2) is 30.3 Å². The number of carboxylic acids is 1. The Labute approximate surface area is 115 Å². The first kappa shape index (κ1) is 14.2. The van der Waals surface area contributed by atoms with E-state index in [1.165, 1.54) is 6.07 Å². The van der Waals surface area contributed by atoms with Gasteiger partial charge in [-0.2, -0.15) is 0 Å². The molecule has 0 fully saturated rings. The van der Waals surface area contributed by atoms with E-state index in [1.807, 2.05) is 6.07 Å². The minimum atomic E-state index is -1.13. The average molecular weight is 276 g/mol. The molecule has 0 spiro atoms. The topological polar surface area (TPSA) is 103 Å². The highest BCUT2D eigenvalue weighted by molar-refractivity contribution is 5.97. The molecule has 0 amide bonds. The van der Waals surface area contributed by atoms with Gasteiger partial charge in [0.05, 0.1) is 18.8 Å². The zero-order valence-electron chi connectivity index (χ0n) is 11.0. The van der Waals surface area contributed by atoms with Crippen LogP contribution in [0.4, 0.5) is 5.82 Å². The smallest absolute Gasteiger partial charge is 0.354 e. The summed E-state index contributed by atoms with van der Waals surface area (Å²) in [6, 6.07) is 8.67. The highest BCUT2D eigenvalue weighted by atomic mass is 16.4. The molecule has 0 radical (unpaired) electrons. The fraction of sp³-hybridized carbons (Fsp3) is 0.286. The van der Waals surface area contributed by atoms with Crippen LogP contribution in [0.5, 0.6) is 0 Å². The highest BCUT2D eigenvalue weighted by Crippen LogP contribution is 2.25. The number of aliphatic hydroxyl groups is 2. The van der Waals surface area contributed by atoms with Crippen molar-refractivity contribution in [1.82, 2.24) is 4.98 Å². The standard InChI is InChI=1S/C14H16N2O4/c1-14(7-17,8-18)16-12-10-5-3-2-4-9(10)6-11(15-12)13(19)20/h2-6,17-18H,7-8H2,1H3,(H,15,16)(H,19,20). The molecule has 0 unspecified atom stereocenters. The third-order valence-electron chi connectivity index (χ3n) is 3.08. The lowest BCUT2D eigenvalue weighted by molar-refractivity contribution is 0.0691. The minimum Gasteiger partial charge on any atom is -0.477 e. The number of aliphatic hydroxyl groups excluding tert-OH is 2. The van der Waals surface area contributed by atoms with E-state index < -0.39 is 11.5 Å². The normalized spacial score (nSPS) is 11.6. The second-order valence-electron chi connectivity index (χ2n) is 4.88. The van der Waals surface area contributed by atoms with Crippen LogP contribution in [0, 0.1) is 0 Å². The molecule has 0 bridgehead atoms. The van der Waals surface area contributed by atoms with Gasteiger partial charge >= 0.3 is 5.97 Å². The SMILES string of the molecule is CC(CO)(CO)Nc1nc(C(=O)O)cc2ccccc12. The molecule has 0 atom stereocenters. The average Bonchev–Trinajstić information content (AvgIpc) is 2.46. The van der Waals surface area contributed by atoms with Crippen molar-refractivity contribution < 1.29 is 20.1 Å². The van der Waals surface area contributed by atoms with Crippen molar-refractivity contribution in [3.8, 4) is 0 Å². The van der Waals surface area contributed by atoms with Crippen LogP contribution >= 0.6 is 0 Å². The monoisotopic (exact) mass is 276 g/mol. The molecule has 6 heteroatoms. The van der Waals surface area contributed by atoms with Crippen molar-refractivity contribution in [1.29, 1.82) is 0 Å². The number of fused-ring (bicyclic) bond motifs is 1. The Balaban J connectivity index is 2.58. The van der Waals surface area contributed by atoms with E-state index in [1.54, 1.807) is 25.1 Å². The first-order chi connectivity index (χ1) is 9.49. The van der Waals surface area contributed by atoms with Crippen LogP contribution in [0.2, 0.25) is 0 Å². The van der Waals surface area contributed by atoms with Gasteiger partial charge in [-0.25, -0.2) is 9.78 Å². The van der Waals surface area contributed by atoms with E-state index >= 15 is 0 Å². The van der Waals surface area contributed by atoms with Crippen LogP contribution in [-0.4, -0.2) is 45.0 Å². The van der Waals surface area contributed by atoms with E-state index in [0.717, 1.165) is 10.8 Å². The summed E-state index contributed by atoms with van der Waals surface area (Å²) in [6.45, 7) is 1.00. The van der Waals surface area contributed by atoms with Gasteiger partial charge in [-0.15, -0.1) is 0 Å². The summed E-state index contributed by atoms with van der Waals surface area (Å²) in [5.41, 5.74) is -1.07. The third-order valence-corrected chi connectivity index (χ3v) is 3.08. The number of anilines is 1. The van der Waals surface area contributed by atoms with Crippen LogP contribution in [0.25, 0.3) is 10.8 Å². The van der Waals surface area contributed by atoms with Crippen LogP contribution in [-0.2, 0) is 0 Å². The van der Waals surface area contributed by atoms with Crippen LogP contribution in [0.3, 0.4) is 0 Å². The molecule has 0 aliphatic heterocycles. The maximum absolute atomic E-state index is 11.1. The molecular formula is C14H16N2O4. The number of aromatic nitrogens is 1. The number of benzene rings is 1. The van der Waals surface area contributed by atoms with Crippen molar-refractivity contribution in [2.24, 2.45) is 0 Å². The van der Waals surface area contributed by atoms with E-state index in [2.05, 4.69) is 10.3 Å². The van der Waals surface area contributed by atoms with E-state index in [9.17, 15) is 15.0 Å². The number of rotatable bonds is 5. The number of pyridine rings is 1. The zero-order chi connectivity index (χ0) is 14.8. The first-order valence-electron chi connectivity index (χ1n) is 6.12. The summed E-state index contributed by atoms with van der Waals surface area (Å²) in [7, 11) is 0. The molecule has 0 saturated heterocycles. The van der Waals surface area contributed by atoms with Crippen molar-refractivity contribution in [2.75, 3.05) is 18.5 Å². The fourth-order valence-electron chi connectivity index (χ4n) is 1.82. The van der Waals surface area contributed by atoms with Crippen molar-refractivity contribution in [3.63, 3.8) is 0 Å². The number of nitrogens with one attached hydrogen (secondary N) is 1. The predicted octanol–water partition coefficient (Wildman–Crippen LogP) is 1.09. The maximum atomic E-state index is 11.1. The van der Waals surface area contributed by atoms with Gasteiger partial charge in [-0.3, -0.25) is 0 Å². The highest BCUT2D eigenvalue weighted by Gasteiger charge is 2.24. The Hall–Kier alpha value is -2.18. The first-order valence-corrected chi connectivity index (χ1v) is 6.12. The summed E-state index contributed by atoms with van der Waals surface area (Å²) < 4.78 is 0.